The van der Waals surface area contributed by atoms with Gasteiger partial charge in [0, 0.05) is 32.5 Å². The van der Waals surface area contributed by atoms with E-state index in [2.05, 4.69) is 0 Å². The van der Waals surface area contributed by atoms with E-state index in [-0.39, 0.29) is 44.0 Å². The Labute approximate surface area is 194 Å². The van der Waals surface area contributed by atoms with Gasteiger partial charge < -0.3 is 4.74 Å². The third kappa shape index (κ3) is 3.40. The molecular weight excluding hydrogens is 519 g/mol. The predicted octanol–water partition coefficient (Wildman–Crippen LogP) is 3.92. The van der Waals surface area contributed by atoms with E-state index in [1.54, 1.807) is 12.1 Å². The van der Waals surface area contributed by atoms with E-state index in [0.29, 0.717) is 24.0 Å². The zero-order valence-corrected chi connectivity index (χ0v) is 20.1. The lowest BCUT2D eigenvalue weighted by Crippen LogP contribution is -2.24. The van der Waals surface area contributed by atoms with Crippen molar-refractivity contribution in [2.45, 2.75) is 35.5 Å². The average Bonchev–Trinajstić information content (AvgIpc) is 2.71. The molecule has 168 valence electrons. The number of rotatable bonds is 2. The maximum absolute atomic E-state index is 13.5. The highest BCUT2D eigenvalue weighted by Crippen LogP contribution is 2.49. The third-order valence-electron chi connectivity index (χ3n) is 5.82. The van der Waals surface area contributed by atoms with Crippen molar-refractivity contribution in [3.05, 3.63) is 68.5 Å². The second-order valence-electron chi connectivity index (χ2n) is 7.62. The monoisotopic (exact) mass is 532 g/mol. The molecule has 1 heterocycles. The van der Waals surface area contributed by atoms with Gasteiger partial charge in [-0.05, 0) is 61.1 Å². The Kier molecular flexibility index (Phi) is 4.86. The molecule has 2 aromatic carbocycles. The van der Waals surface area contributed by atoms with E-state index in [0.717, 1.165) is 11.1 Å². The minimum atomic E-state index is -4.05. The quantitative estimate of drug-likeness (QED) is 0.538. The summed E-state index contributed by atoms with van der Waals surface area (Å²) in [5, 5.41) is 0. The average molecular weight is 533 g/mol. The molecule has 0 saturated heterocycles. The molecular formula is C20H14Cl2O7S3. The minimum Gasteiger partial charge on any atom is -0.454 e. The number of ether oxygens (including phenoxy) is 1. The molecule has 0 amide bonds. The first-order valence-corrected chi connectivity index (χ1v) is 15.5. The molecule has 2 aliphatic carbocycles. The van der Waals surface area contributed by atoms with Crippen molar-refractivity contribution in [1.29, 1.82) is 0 Å². The minimum absolute atomic E-state index is 0.0409. The van der Waals surface area contributed by atoms with Gasteiger partial charge in [-0.15, -0.1) is 0 Å². The summed E-state index contributed by atoms with van der Waals surface area (Å²) < 4.78 is 80.4. The van der Waals surface area contributed by atoms with E-state index < -0.39 is 27.9 Å². The highest BCUT2D eigenvalue weighted by Gasteiger charge is 2.41. The molecule has 32 heavy (non-hydrogen) atoms. The van der Waals surface area contributed by atoms with E-state index in [4.69, 9.17) is 26.1 Å². The maximum Gasteiger partial charge on any atom is 0.261 e. The second-order valence-corrected chi connectivity index (χ2v) is 14.7. The van der Waals surface area contributed by atoms with Crippen LogP contribution in [0.2, 0.25) is 0 Å². The van der Waals surface area contributed by atoms with Gasteiger partial charge in [-0.1, -0.05) is 12.1 Å². The Morgan fingerprint density at radius 3 is 1.47 bits per heavy atom. The number of halogens is 2. The van der Waals surface area contributed by atoms with Crippen molar-refractivity contribution in [2.24, 2.45) is 0 Å². The van der Waals surface area contributed by atoms with Crippen LogP contribution in [0.3, 0.4) is 0 Å². The van der Waals surface area contributed by atoms with Gasteiger partial charge in [0.25, 0.3) is 18.1 Å². The fourth-order valence-corrected chi connectivity index (χ4v) is 7.67. The third-order valence-corrected chi connectivity index (χ3v) is 10.6. The molecule has 0 bridgehead atoms. The van der Waals surface area contributed by atoms with Crippen molar-refractivity contribution < 1.29 is 30.0 Å². The summed E-state index contributed by atoms with van der Waals surface area (Å²) in [6.45, 7) is 0. The zero-order valence-electron chi connectivity index (χ0n) is 16.1. The summed E-state index contributed by atoms with van der Waals surface area (Å²) in [4.78, 5) is -0.186. The largest absolute Gasteiger partial charge is 0.454 e. The number of hydrogen-bond donors (Lipinski definition) is 0. The van der Waals surface area contributed by atoms with Gasteiger partial charge in [-0.25, -0.2) is 25.3 Å². The molecule has 0 unspecified atom stereocenters. The highest BCUT2D eigenvalue weighted by molar-refractivity contribution is 8.14. The van der Waals surface area contributed by atoms with Crippen molar-refractivity contribution in [3.63, 3.8) is 0 Å². The van der Waals surface area contributed by atoms with Crippen molar-refractivity contribution in [1.82, 2.24) is 0 Å². The van der Waals surface area contributed by atoms with E-state index >= 15 is 0 Å². The van der Waals surface area contributed by atoms with Crippen LogP contribution >= 0.6 is 21.4 Å². The Balaban J connectivity index is 1.73. The van der Waals surface area contributed by atoms with Crippen LogP contribution in [0.15, 0.2) is 56.0 Å². The molecule has 12 heteroatoms. The fourth-order valence-electron chi connectivity index (χ4n) is 4.28. The van der Waals surface area contributed by atoms with Crippen LogP contribution in [-0.4, -0.2) is 25.3 Å². The molecule has 1 aliphatic heterocycles. The zero-order chi connectivity index (χ0) is 23.1. The van der Waals surface area contributed by atoms with Gasteiger partial charge in [-0.2, -0.15) is 0 Å². The molecule has 7 nitrogen and oxygen atoms in total. The second kappa shape index (κ2) is 7.07. The molecule has 0 aromatic heterocycles. The van der Waals surface area contributed by atoms with Crippen LogP contribution < -0.4 is 0 Å². The SMILES string of the molecule is O=S1(=O)C2=C(OC3=C1CCc1ccc(S(=O)(=O)Cl)cc13)c1cc(S(=O)(=O)Cl)ccc1CC2. The molecule has 0 spiro atoms. The van der Waals surface area contributed by atoms with Gasteiger partial charge in [0.1, 0.15) is 11.5 Å². The molecule has 0 atom stereocenters. The number of fused-ring (bicyclic) bond motifs is 4. The van der Waals surface area contributed by atoms with Crippen LogP contribution in [0.1, 0.15) is 35.1 Å². The number of hydrogen-bond acceptors (Lipinski definition) is 7. The van der Waals surface area contributed by atoms with E-state index in [1.807, 2.05) is 0 Å². The summed E-state index contributed by atoms with van der Waals surface area (Å²) in [6, 6.07) is 8.50. The number of aryl methyl sites for hydroxylation is 2. The molecule has 2 aromatic rings. The number of benzene rings is 2. The lowest BCUT2D eigenvalue weighted by Gasteiger charge is -2.33. The Morgan fingerprint density at radius 2 is 1.09 bits per heavy atom. The normalized spacial score (nSPS) is 19.4. The van der Waals surface area contributed by atoms with Crippen LogP contribution in [0.4, 0.5) is 0 Å². The molecule has 0 N–H and O–H groups in total. The lowest BCUT2D eigenvalue weighted by atomic mass is 9.93. The number of sulfone groups is 1. The van der Waals surface area contributed by atoms with Gasteiger partial charge in [-0.3, -0.25) is 0 Å². The van der Waals surface area contributed by atoms with Crippen LogP contribution in [0.25, 0.3) is 11.5 Å². The summed E-state index contributed by atoms with van der Waals surface area (Å²) in [5.74, 6) is 0.0818. The highest BCUT2D eigenvalue weighted by atomic mass is 35.7. The molecule has 0 saturated carbocycles. The van der Waals surface area contributed by atoms with Gasteiger partial charge in [0.05, 0.1) is 19.6 Å². The van der Waals surface area contributed by atoms with E-state index in [9.17, 15) is 25.3 Å². The van der Waals surface area contributed by atoms with E-state index in [1.165, 1.54) is 24.3 Å². The Morgan fingerprint density at radius 1 is 0.688 bits per heavy atom. The first-order valence-electron chi connectivity index (χ1n) is 9.42. The smallest absolute Gasteiger partial charge is 0.261 e. The van der Waals surface area contributed by atoms with Gasteiger partial charge >= 0.3 is 0 Å². The fraction of sp³-hybridized carbons (Fsp3) is 0.200. The van der Waals surface area contributed by atoms with Gasteiger partial charge in [0.2, 0.25) is 9.84 Å². The molecule has 5 rings (SSSR count). The maximum atomic E-state index is 13.5. The predicted molar refractivity (Wildman–Crippen MR) is 119 cm³/mol. The first kappa shape index (κ1) is 22.0. The topological polar surface area (TPSA) is 112 Å². The number of allylic oxidation sites excluding steroid dienone is 2. The van der Waals surface area contributed by atoms with Crippen LogP contribution in [-0.2, 0) is 45.5 Å². The summed E-state index contributed by atoms with van der Waals surface area (Å²) in [7, 11) is -1.01. The summed E-state index contributed by atoms with van der Waals surface area (Å²) in [6.07, 6.45) is 1.20. The summed E-state index contributed by atoms with van der Waals surface area (Å²) in [5.41, 5.74) is 2.10. The van der Waals surface area contributed by atoms with Crippen LogP contribution in [0, 0.1) is 0 Å². The summed E-state index contributed by atoms with van der Waals surface area (Å²) >= 11 is 0. The van der Waals surface area contributed by atoms with Crippen molar-refractivity contribution in [2.75, 3.05) is 0 Å². The van der Waals surface area contributed by atoms with Crippen LogP contribution in [0.5, 0.6) is 0 Å². The Hall–Kier alpha value is -1.85. The van der Waals surface area contributed by atoms with Gasteiger partial charge in [0.15, 0.2) is 0 Å². The van der Waals surface area contributed by atoms with Crippen molar-refractivity contribution in [3.8, 4) is 0 Å². The lowest BCUT2D eigenvalue weighted by molar-refractivity contribution is 0.450. The standard InChI is InChI=1S/C20H14Cl2O7S3/c21-31(25,26)13-5-1-11-3-7-17-19(15(11)9-13)29-20-16-10-14(32(22,27)28)6-2-12(16)4-8-18(20)30(17,23)24/h1-2,5-6,9-10H,3-4,7-8H2. The molecule has 0 fully saturated rings. The Bertz CT molecular complexity index is 1490. The first-order chi connectivity index (χ1) is 14.9. The molecule has 0 radical (unpaired) electrons. The van der Waals surface area contributed by atoms with Crippen molar-refractivity contribution >= 4 is 60.8 Å². The molecule has 3 aliphatic rings.